The van der Waals surface area contributed by atoms with Crippen LogP contribution in [0.2, 0.25) is 0 Å². The number of nitrogens with zero attached hydrogens (tertiary/aromatic N) is 4. The molecule has 0 saturated heterocycles. The number of anilines is 2. The molecule has 4 rings (SSSR count). The minimum absolute atomic E-state index is 0.317. The summed E-state index contributed by atoms with van der Waals surface area (Å²) < 4.78 is 15.6. The fourth-order valence-electron chi connectivity index (χ4n) is 4.62. The molecule has 0 saturated carbocycles. The monoisotopic (exact) mass is 564 g/mol. The number of unbranched alkanes of at least 4 members (excludes halogenated alkanes) is 1. The fraction of sp³-hybridized carbons (Fsp3) is 0.333. The van der Waals surface area contributed by atoms with Crippen molar-refractivity contribution in [3.63, 3.8) is 0 Å². The van der Waals surface area contributed by atoms with E-state index >= 15 is 0 Å². The standard InChI is InChI=1S/C27H36N10O4/c1-31-26-34-18-12-16(24(28)38)14-20(40-3)22(18)36(26)9-5-6-10-37-23-19(35-27(37)32-2)13-17(25(29)39)15-21(23)41-11-7-4-8-33-30/h5-6,12-15,33H,4,7-11,30H2,1-3H3,(H2,28,38)(H2,29,39)(H,31,34)(H,32,35)/b6-5+. The summed E-state index contributed by atoms with van der Waals surface area (Å²) in [6.45, 7) is 2.03. The highest BCUT2D eigenvalue weighted by Crippen LogP contribution is 2.32. The van der Waals surface area contributed by atoms with Crippen LogP contribution in [0.25, 0.3) is 22.1 Å². The number of aromatic nitrogens is 4. The molecule has 2 amide bonds. The molecular weight excluding hydrogens is 528 g/mol. The molecule has 9 N–H and O–H groups in total. The van der Waals surface area contributed by atoms with Gasteiger partial charge in [0.25, 0.3) is 0 Å². The van der Waals surface area contributed by atoms with Crippen LogP contribution in [0, 0.1) is 0 Å². The van der Waals surface area contributed by atoms with Crippen molar-refractivity contribution < 1.29 is 19.1 Å². The van der Waals surface area contributed by atoms with Crippen molar-refractivity contribution in [1.82, 2.24) is 24.5 Å². The number of fused-ring (bicyclic) bond motifs is 2. The van der Waals surface area contributed by atoms with Crippen LogP contribution in [0.15, 0.2) is 36.4 Å². The molecule has 41 heavy (non-hydrogen) atoms. The molecule has 2 aromatic heterocycles. The van der Waals surface area contributed by atoms with Gasteiger partial charge in [-0.15, -0.1) is 0 Å². The molecule has 2 heterocycles. The van der Waals surface area contributed by atoms with Crippen molar-refractivity contribution in [2.45, 2.75) is 25.9 Å². The van der Waals surface area contributed by atoms with Crippen LogP contribution in [0.4, 0.5) is 11.9 Å². The predicted octanol–water partition coefficient (Wildman–Crippen LogP) is 1.55. The molecule has 14 nitrogen and oxygen atoms in total. The number of hydrogen-bond donors (Lipinski definition) is 6. The lowest BCUT2D eigenvalue weighted by Gasteiger charge is -2.12. The van der Waals surface area contributed by atoms with Crippen LogP contribution in [0.5, 0.6) is 11.5 Å². The first-order valence-corrected chi connectivity index (χ1v) is 13.1. The zero-order valence-corrected chi connectivity index (χ0v) is 23.4. The molecule has 0 aliphatic heterocycles. The number of carbonyl (C=O) groups excluding carboxylic acids is 2. The van der Waals surface area contributed by atoms with E-state index in [2.05, 4.69) is 26.0 Å². The summed E-state index contributed by atoms with van der Waals surface area (Å²) in [6.07, 6.45) is 5.60. The van der Waals surface area contributed by atoms with E-state index in [1.54, 1.807) is 38.4 Å². The van der Waals surface area contributed by atoms with E-state index in [-0.39, 0.29) is 0 Å². The lowest BCUT2D eigenvalue weighted by atomic mass is 10.1. The number of benzene rings is 2. The molecule has 0 aliphatic rings. The van der Waals surface area contributed by atoms with Gasteiger partial charge in [-0.05, 0) is 37.1 Å². The lowest BCUT2D eigenvalue weighted by Crippen LogP contribution is -2.23. The molecule has 218 valence electrons. The predicted molar refractivity (Wildman–Crippen MR) is 158 cm³/mol. The van der Waals surface area contributed by atoms with Gasteiger partial charge in [-0.2, -0.15) is 0 Å². The van der Waals surface area contributed by atoms with Gasteiger partial charge >= 0.3 is 0 Å². The Morgan fingerprint density at radius 2 is 1.37 bits per heavy atom. The van der Waals surface area contributed by atoms with E-state index in [1.807, 2.05) is 21.3 Å². The summed E-state index contributed by atoms with van der Waals surface area (Å²) >= 11 is 0. The zero-order valence-electron chi connectivity index (χ0n) is 23.4. The maximum atomic E-state index is 12.0. The number of hydrogen-bond acceptors (Lipinski definition) is 10. The zero-order chi connectivity index (χ0) is 29.5. The van der Waals surface area contributed by atoms with E-state index < -0.39 is 11.8 Å². The summed E-state index contributed by atoms with van der Waals surface area (Å²) in [5, 5.41) is 6.21. The maximum Gasteiger partial charge on any atom is 0.248 e. The minimum Gasteiger partial charge on any atom is -0.494 e. The Hall–Kier alpha value is -4.82. The Labute approximate surface area is 236 Å². The number of imidazole rings is 2. The maximum absolute atomic E-state index is 12.0. The molecule has 0 spiro atoms. The van der Waals surface area contributed by atoms with Gasteiger partial charge in [0.05, 0.1) is 24.8 Å². The van der Waals surface area contributed by atoms with Crippen LogP contribution in [-0.2, 0) is 13.1 Å². The second-order valence-electron chi connectivity index (χ2n) is 9.19. The molecule has 0 fully saturated rings. The number of nitrogens with one attached hydrogen (secondary N) is 3. The number of allylic oxidation sites excluding steroid dienone is 2. The van der Waals surface area contributed by atoms with Crippen LogP contribution in [0.3, 0.4) is 0 Å². The number of carbonyl (C=O) groups is 2. The fourth-order valence-corrected chi connectivity index (χ4v) is 4.62. The number of rotatable bonds is 15. The van der Waals surface area contributed by atoms with Crippen LogP contribution < -0.4 is 42.8 Å². The molecule has 0 aliphatic carbocycles. The van der Waals surface area contributed by atoms with E-state index in [1.165, 1.54) is 7.11 Å². The van der Waals surface area contributed by atoms with Gasteiger partial charge in [0.15, 0.2) is 0 Å². The summed E-state index contributed by atoms with van der Waals surface area (Å²) in [4.78, 5) is 33.0. The van der Waals surface area contributed by atoms with Crippen LogP contribution in [0.1, 0.15) is 33.6 Å². The number of hydrazine groups is 1. The highest BCUT2D eigenvalue weighted by atomic mass is 16.5. The van der Waals surface area contributed by atoms with Crippen molar-refractivity contribution in [3.05, 3.63) is 47.5 Å². The normalized spacial score (nSPS) is 11.4. The molecule has 4 aromatic rings. The van der Waals surface area contributed by atoms with Gasteiger partial charge in [-0.1, -0.05) is 12.2 Å². The van der Waals surface area contributed by atoms with E-state index in [0.717, 1.165) is 23.9 Å². The largest absolute Gasteiger partial charge is 0.494 e. The molecule has 0 radical (unpaired) electrons. The molecule has 0 atom stereocenters. The number of amides is 2. The summed E-state index contributed by atoms with van der Waals surface area (Å²) in [7, 11) is 5.09. The first-order valence-electron chi connectivity index (χ1n) is 13.1. The third kappa shape index (κ3) is 6.18. The average Bonchev–Trinajstić information content (AvgIpc) is 3.51. The van der Waals surface area contributed by atoms with Gasteiger partial charge in [-0.3, -0.25) is 20.9 Å². The first kappa shape index (κ1) is 29.2. The highest BCUT2D eigenvalue weighted by Gasteiger charge is 2.19. The minimum atomic E-state index is -0.559. The highest BCUT2D eigenvalue weighted by molar-refractivity contribution is 5.99. The van der Waals surface area contributed by atoms with E-state index in [4.69, 9.17) is 26.8 Å². The van der Waals surface area contributed by atoms with E-state index in [0.29, 0.717) is 71.8 Å². The van der Waals surface area contributed by atoms with Gasteiger partial charge < -0.3 is 40.7 Å². The molecule has 14 heteroatoms. The average molecular weight is 565 g/mol. The number of ether oxygens (including phenoxy) is 2. The number of primary amides is 2. The molecular formula is C27H36N10O4. The Balaban J connectivity index is 1.65. The lowest BCUT2D eigenvalue weighted by molar-refractivity contribution is 0.0991. The van der Waals surface area contributed by atoms with Crippen LogP contribution >= 0.6 is 0 Å². The second kappa shape index (κ2) is 13.0. The summed E-state index contributed by atoms with van der Waals surface area (Å²) in [6, 6.07) is 6.56. The Morgan fingerprint density at radius 3 is 1.83 bits per heavy atom. The van der Waals surface area contributed by atoms with Crippen LogP contribution in [-0.4, -0.2) is 65.3 Å². The van der Waals surface area contributed by atoms with Crippen molar-refractivity contribution in [1.29, 1.82) is 0 Å². The number of methoxy groups -OCH3 is 1. The van der Waals surface area contributed by atoms with Crippen molar-refractivity contribution in [2.75, 3.05) is 45.0 Å². The topological polar surface area (TPSA) is 202 Å². The summed E-state index contributed by atoms with van der Waals surface area (Å²) in [5.41, 5.74) is 17.0. The summed E-state index contributed by atoms with van der Waals surface area (Å²) in [5.74, 6) is 6.46. The molecule has 2 aromatic carbocycles. The van der Waals surface area contributed by atoms with Crippen molar-refractivity contribution >= 4 is 45.8 Å². The van der Waals surface area contributed by atoms with Gasteiger partial charge in [-0.25, -0.2) is 9.97 Å². The van der Waals surface area contributed by atoms with Crippen molar-refractivity contribution in [3.8, 4) is 11.5 Å². The Bertz CT molecular complexity index is 1590. The first-order chi connectivity index (χ1) is 19.8. The third-order valence-electron chi connectivity index (χ3n) is 6.57. The van der Waals surface area contributed by atoms with Gasteiger partial charge in [0, 0.05) is 44.9 Å². The van der Waals surface area contributed by atoms with Crippen molar-refractivity contribution in [2.24, 2.45) is 17.3 Å². The quantitative estimate of drug-likeness (QED) is 0.0532. The van der Waals surface area contributed by atoms with Gasteiger partial charge in [0.2, 0.25) is 23.7 Å². The number of nitrogens with two attached hydrogens (primary N) is 3. The molecule has 0 bridgehead atoms. The third-order valence-corrected chi connectivity index (χ3v) is 6.57. The SMILES string of the molecule is CNc1nc2cc(C(N)=O)cc(OC)c2n1C/C=C/Cn1c(NC)nc2cc(C(N)=O)cc(OCCCCNN)c21. The van der Waals surface area contributed by atoms with E-state index in [9.17, 15) is 9.59 Å². The Morgan fingerprint density at radius 1 is 0.854 bits per heavy atom. The smallest absolute Gasteiger partial charge is 0.248 e. The second-order valence-corrected chi connectivity index (χ2v) is 9.19. The molecule has 0 unspecified atom stereocenters. The van der Waals surface area contributed by atoms with Gasteiger partial charge in [0.1, 0.15) is 22.5 Å². The Kier molecular flexibility index (Phi) is 9.26.